The number of carbonyl (C=O) groups excluding carboxylic acids is 1. The molecule has 0 aliphatic carbocycles. The van der Waals surface area contributed by atoms with E-state index in [9.17, 15) is 4.79 Å². The predicted octanol–water partition coefficient (Wildman–Crippen LogP) is 0.403. The number of nitrogens with zero attached hydrogens (tertiary/aromatic N) is 2. The van der Waals surface area contributed by atoms with Gasteiger partial charge in [-0.05, 0) is 12.1 Å². The maximum atomic E-state index is 10.4. The Morgan fingerprint density at radius 1 is 1.57 bits per heavy atom. The van der Waals surface area contributed by atoms with Crippen LogP contribution in [0.3, 0.4) is 0 Å². The van der Waals surface area contributed by atoms with Crippen LogP contribution in [-0.2, 0) is 11.2 Å². The first kappa shape index (κ1) is 8.90. The molecule has 14 heavy (non-hydrogen) atoms. The van der Waals surface area contributed by atoms with Crippen molar-refractivity contribution >= 4 is 11.9 Å². The van der Waals surface area contributed by atoms with E-state index in [1.54, 1.807) is 6.20 Å². The summed E-state index contributed by atoms with van der Waals surface area (Å²) in [6, 6.07) is 5.31. The largest absolute Gasteiger partial charge is 0.321 e. The average Bonchev–Trinajstić information content (AvgIpc) is 2.62. The minimum absolute atomic E-state index is 0.449. The number of aromatic nitrogens is 2. The lowest BCUT2D eigenvalue weighted by molar-refractivity contribution is -0.108. The zero-order valence-corrected chi connectivity index (χ0v) is 7.63. The number of rotatable bonds is 3. The molecule has 0 aromatic carbocycles. The van der Waals surface area contributed by atoms with E-state index >= 15 is 0 Å². The van der Waals surface area contributed by atoms with Crippen molar-refractivity contribution in [3.05, 3.63) is 36.3 Å². The van der Waals surface area contributed by atoms with Gasteiger partial charge < -0.3 is 14.9 Å². The third-order valence-electron chi connectivity index (χ3n) is 2.11. The van der Waals surface area contributed by atoms with E-state index in [1.165, 1.54) is 0 Å². The van der Waals surface area contributed by atoms with E-state index in [-0.39, 0.29) is 0 Å². The lowest BCUT2D eigenvalue weighted by atomic mass is 10.2. The van der Waals surface area contributed by atoms with Crippen molar-refractivity contribution in [2.24, 2.45) is 5.73 Å². The Morgan fingerprint density at radius 2 is 2.43 bits per heavy atom. The SMILES string of the molecule is NC(C=O)Cc1cnc2ccccn12. The van der Waals surface area contributed by atoms with Crippen LogP contribution in [0.1, 0.15) is 5.69 Å². The Bertz CT molecular complexity index is 449. The molecule has 0 spiro atoms. The molecule has 72 valence electrons. The molecule has 2 N–H and O–H groups in total. The van der Waals surface area contributed by atoms with Gasteiger partial charge in [0.05, 0.1) is 6.04 Å². The molecule has 1 unspecified atom stereocenters. The molecule has 4 nitrogen and oxygen atoms in total. The summed E-state index contributed by atoms with van der Waals surface area (Å²) >= 11 is 0. The fourth-order valence-corrected chi connectivity index (χ4v) is 1.43. The Labute approximate surface area is 81.4 Å². The van der Waals surface area contributed by atoms with E-state index in [4.69, 9.17) is 5.73 Å². The summed E-state index contributed by atoms with van der Waals surface area (Å²) in [5.41, 5.74) is 7.38. The second kappa shape index (κ2) is 3.59. The standard InChI is InChI=1S/C10H11N3O/c11-8(7-14)5-9-6-12-10-3-1-2-4-13(9)10/h1-4,6-8H,5,11H2. The summed E-state index contributed by atoms with van der Waals surface area (Å²) in [6.07, 6.45) is 4.94. The van der Waals surface area contributed by atoms with Crippen LogP contribution in [0.2, 0.25) is 0 Å². The molecular formula is C10H11N3O. The molecule has 0 aliphatic rings. The molecule has 0 bridgehead atoms. The van der Waals surface area contributed by atoms with Crippen molar-refractivity contribution in [1.29, 1.82) is 0 Å². The van der Waals surface area contributed by atoms with Crippen LogP contribution in [-0.4, -0.2) is 21.7 Å². The number of aldehydes is 1. The normalized spacial score (nSPS) is 12.9. The quantitative estimate of drug-likeness (QED) is 0.711. The van der Waals surface area contributed by atoms with E-state index in [1.807, 2.05) is 28.8 Å². The summed E-state index contributed by atoms with van der Waals surface area (Å²) in [5.74, 6) is 0. The summed E-state index contributed by atoms with van der Waals surface area (Å²) < 4.78 is 1.93. The van der Waals surface area contributed by atoms with Gasteiger partial charge in [-0.3, -0.25) is 0 Å². The van der Waals surface area contributed by atoms with E-state index in [2.05, 4.69) is 4.98 Å². The van der Waals surface area contributed by atoms with Gasteiger partial charge in [0, 0.05) is 24.5 Å². The number of fused-ring (bicyclic) bond motifs is 1. The van der Waals surface area contributed by atoms with Gasteiger partial charge >= 0.3 is 0 Å². The summed E-state index contributed by atoms with van der Waals surface area (Å²) in [7, 11) is 0. The van der Waals surface area contributed by atoms with Gasteiger partial charge in [0.1, 0.15) is 11.9 Å². The van der Waals surface area contributed by atoms with Crippen LogP contribution >= 0.6 is 0 Å². The van der Waals surface area contributed by atoms with Crippen molar-refractivity contribution in [2.45, 2.75) is 12.5 Å². The predicted molar refractivity (Wildman–Crippen MR) is 52.9 cm³/mol. The molecule has 0 aliphatic heterocycles. The van der Waals surface area contributed by atoms with E-state index in [0.717, 1.165) is 17.6 Å². The van der Waals surface area contributed by atoms with Crippen LogP contribution in [0.25, 0.3) is 5.65 Å². The number of hydrogen-bond acceptors (Lipinski definition) is 3. The minimum atomic E-state index is -0.449. The first-order valence-electron chi connectivity index (χ1n) is 4.43. The molecule has 1 atom stereocenters. The monoisotopic (exact) mass is 189 g/mol. The highest BCUT2D eigenvalue weighted by atomic mass is 16.1. The maximum absolute atomic E-state index is 10.4. The molecular weight excluding hydrogens is 178 g/mol. The molecule has 0 saturated heterocycles. The molecule has 2 heterocycles. The van der Waals surface area contributed by atoms with Gasteiger partial charge in [0.2, 0.25) is 0 Å². The highest BCUT2D eigenvalue weighted by molar-refractivity contribution is 5.57. The molecule has 0 radical (unpaired) electrons. The zero-order chi connectivity index (χ0) is 9.97. The lowest BCUT2D eigenvalue weighted by Crippen LogP contribution is -2.24. The van der Waals surface area contributed by atoms with Crippen LogP contribution in [0, 0.1) is 0 Å². The fourth-order valence-electron chi connectivity index (χ4n) is 1.43. The van der Waals surface area contributed by atoms with Crippen molar-refractivity contribution in [3.8, 4) is 0 Å². The van der Waals surface area contributed by atoms with E-state index < -0.39 is 6.04 Å². The van der Waals surface area contributed by atoms with Gasteiger partial charge in [-0.15, -0.1) is 0 Å². The smallest absolute Gasteiger partial charge is 0.137 e. The minimum Gasteiger partial charge on any atom is -0.321 e. The van der Waals surface area contributed by atoms with E-state index in [0.29, 0.717) is 6.42 Å². The molecule has 4 heteroatoms. The highest BCUT2D eigenvalue weighted by Crippen LogP contribution is 2.06. The van der Waals surface area contributed by atoms with Crippen molar-refractivity contribution in [2.75, 3.05) is 0 Å². The number of imidazole rings is 1. The average molecular weight is 189 g/mol. The van der Waals surface area contributed by atoms with Crippen LogP contribution in [0.5, 0.6) is 0 Å². The molecule has 2 rings (SSSR count). The Kier molecular flexibility index (Phi) is 2.28. The second-order valence-electron chi connectivity index (χ2n) is 3.18. The molecule has 2 aromatic heterocycles. The van der Waals surface area contributed by atoms with Crippen LogP contribution < -0.4 is 5.73 Å². The number of hydrogen-bond donors (Lipinski definition) is 1. The third kappa shape index (κ3) is 1.52. The van der Waals surface area contributed by atoms with Crippen molar-refractivity contribution in [3.63, 3.8) is 0 Å². The number of carbonyl (C=O) groups is 1. The second-order valence-corrected chi connectivity index (χ2v) is 3.18. The maximum Gasteiger partial charge on any atom is 0.137 e. The Hall–Kier alpha value is -1.68. The fraction of sp³-hybridized carbons (Fsp3) is 0.200. The van der Waals surface area contributed by atoms with Crippen LogP contribution in [0.4, 0.5) is 0 Å². The van der Waals surface area contributed by atoms with Gasteiger partial charge in [-0.2, -0.15) is 0 Å². The van der Waals surface area contributed by atoms with Gasteiger partial charge in [-0.1, -0.05) is 6.07 Å². The first-order valence-corrected chi connectivity index (χ1v) is 4.43. The molecule has 2 aromatic rings. The summed E-state index contributed by atoms with van der Waals surface area (Å²) in [4.78, 5) is 14.6. The molecule has 0 fully saturated rings. The lowest BCUT2D eigenvalue weighted by Gasteiger charge is -2.02. The van der Waals surface area contributed by atoms with Gasteiger partial charge in [-0.25, -0.2) is 4.98 Å². The number of pyridine rings is 1. The van der Waals surface area contributed by atoms with Gasteiger partial charge in [0.15, 0.2) is 0 Å². The molecule has 0 amide bonds. The Morgan fingerprint density at radius 3 is 3.21 bits per heavy atom. The van der Waals surface area contributed by atoms with Gasteiger partial charge in [0.25, 0.3) is 0 Å². The third-order valence-corrected chi connectivity index (χ3v) is 2.11. The topological polar surface area (TPSA) is 60.4 Å². The summed E-state index contributed by atoms with van der Waals surface area (Å²) in [6.45, 7) is 0. The van der Waals surface area contributed by atoms with Crippen LogP contribution in [0.15, 0.2) is 30.6 Å². The molecule has 0 saturated carbocycles. The Balaban J connectivity index is 2.38. The summed E-state index contributed by atoms with van der Waals surface area (Å²) in [5, 5.41) is 0. The van der Waals surface area contributed by atoms with Crippen molar-refractivity contribution < 1.29 is 4.79 Å². The first-order chi connectivity index (χ1) is 6.81. The highest BCUT2D eigenvalue weighted by Gasteiger charge is 2.06. The van der Waals surface area contributed by atoms with Crippen molar-refractivity contribution in [1.82, 2.24) is 9.38 Å². The number of nitrogens with two attached hydrogens (primary N) is 1. The zero-order valence-electron chi connectivity index (χ0n) is 7.63.